The Morgan fingerprint density at radius 3 is 2.58 bits per heavy atom. The molecule has 0 saturated carbocycles. The molecule has 0 bridgehead atoms. The second-order valence-corrected chi connectivity index (χ2v) is 6.57. The lowest BCUT2D eigenvalue weighted by atomic mass is 10.0. The Bertz CT molecular complexity index is 760. The number of likely N-dealkylation sites (tertiary alicyclic amines) is 1. The maximum atomic E-state index is 12.4. The van der Waals surface area contributed by atoms with Crippen molar-refractivity contribution in [3.8, 4) is 11.5 Å². The first kappa shape index (κ1) is 18.0. The summed E-state index contributed by atoms with van der Waals surface area (Å²) in [6.07, 6.45) is 2.13. The lowest BCUT2D eigenvalue weighted by Gasteiger charge is -2.30. The summed E-state index contributed by atoms with van der Waals surface area (Å²) in [6, 6.07) is 16.1. The van der Waals surface area contributed by atoms with Gasteiger partial charge in [-0.15, -0.1) is 0 Å². The molecule has 0 aromatic heterocycles. The number of hydrogen-bond donors (Lipinski definition) is 0. The van der Waals surface area contributed by atoms with E-state index in [4.69, 9.17) is 9.47 Å². The molecular weight excluding hydrogens is 330 g/mol. The zero-order valence-corrected chi connectivity index (χ0v) is 14.9. The van der Waals surface area contributed by atoms with Gasteiger partial charge in [-0.3, -0.25) is 4.79 Å². The van der Waals surface area contributed by atoms with Gasteiger partial charge in [-0.25, -0.2) is 4.79 Å². The summed E-state index contributed by atoms with van der Waals surface area (Å²) >= 11 is 0. The summed E-state index contributed by atoms with van der Waals surface area (Å²) in [5.41, 5.74) is 0.302. The highest BCUT2D eigenvalue weighted by atomic mass is 16.5. The Hall–Kier alpha value is -2.82. The number of nitrogens with zero attached hydrogens (tertiary/aromatic N) is 1. The van der Waals surface area contributed by atoms with Crippen molar-refractivity contribution in [1.82, 2.24) is 4.90 Å². The Kier molecular flexibility index (Phi) is 5.89. The molecule has 0 radical (unpaired) electrons. The van der Waals surface area contributed by atoms with E-state index in [9.17, 15) is 9.59 Å². The summed E-state index contributed by atoms with van der Waals surface area (Å²) in [4.78, 5) is 26.5. The van der Waals surface area contributed by atoms with Gasteiger partial charge in [0.05, 0.1) is 0 Å². The van der Waals surface area contributed by atoms with Crippen LogP contribution in [0.15, 0.2) is 54.6 Å². The topological polar surface area (TPSA) is 55.8 Å². The van der Waals surface area contributed by atoms with Crippen LogP contribution in [0.1, 0.15) is 30.1 Å². The van der Waals surface area contributed by atoms with Gasteiger partial charge in [-0.2, -0.15) is 0 Å². The number of carbonyl (C=O) groups excluding carboxylic acids is 2. The predicted octanol–water partition coefficient (Wildman–Crippen LogP) is 3.89. The summed E-state index contributed by atoms with van der Waals surface area (Å²) in [7, 11) is 0. The van der Waals surface area contributed by atoms with Crippen LogP contribution < -0.4 is 4.74 Å². The molecule has 1 heterocycles. The standard InChI is InChI=1S/C21H23NO4/c1-16-8-7-13-22(14-16)20(23)15-25-21(24)18-11-5-6-12-19(18)26-17-9-3-2-4-10-17/h2-6,9-12,16H,7-8,13-15H2,1H3/t16-/m1/s1. The highest BCUT2D eigenvalue weighted by Gasteiger charge is 2.23. The minimum atomic E-state index is -0.560. The van der Waals surface area contributed by atoms with E-state index >= 15 is 0 Å². The summed E-state index contributed by atoms with van der Waals surface area (Å²) in [5.74, 6) is 0.818. The molecular formula is C21H23NO4. The molecule has 1 saturated heterocycles. The van der Waals surface area contributed by atoms with Crippen molar-refractivity contribution < 1.29 is 19.1 Å². The van der Waals surface area contributed by atoms with Gasteiger partial charge in [0.25, 0.3) is 5.91 Å². The minimum Gasteiger partial charge on any atom is -0.456 e. The maximum absolute atomic E-state index is 12.4. The Morgan fingerprint density at radius 2 is 1.81 bits per heavy atom. The van der Waals surface area contributed by atoms with E-state index in [0.29, 0.717) is 23.0 Å². The van der Waals surface area contributed by atoms with Crippen molar-refractivity contribution in [2.45, 2.75) is 19.8 Å². The number of hydrogen-bond acceptors (Lipinski definition) is 4. The van der Waals surface area contributed by atoms with E-state index in [0.717, 1.165) is 25.9 Å². The van der Waals surface area contributed by atoms with Crippen LogP contribution in [0.5, 0.6) is 11.5 Å². The number of rotatable bonds is 5. The first-order valence-electron chi connectivity index (χ1n) is 8.90. The van der Waals surface area contributed by atoms with Crippen LogP contribution in [0.4, 0.5) is 0 Å². The van der Waals surface area contributed by atoms with Gasteiger partial charge < -0.3 is 14.4 Å². The Labute approximate surface area is 153 Å². The van der Waals surface area contributed by atoms with Gasteiger partial charge in [-0.05, 0) is 43.0 Å². The predicted molar refractivity (Wildman–Crippen MR) is 98.2 cm³/mol. The first-order valence-corrected chi connectivity index (χ1v) is 8.90. The van der Waals surface area contributed by atoms with Crippen LogP contribution >= 0.6 is 0 Å². The highest BCUT2D eigenvalue weighted by Crippen LogP contribution is 2.25. The number of para-hydroxylation sites is 2. The molecule has 1 aliphatic rings. The Morgan fingerprint density at radius 1 is 1.08 bits per heavy atom. The zero-order valence-electron chi connectivity index (χ0n) is 14.9. The lowest BCUT2D eigenvalue weighted by molar-refractivity contribution is -0.136. The highest BCUT2D eigenvalue weighted by molar-refractivity contribution is 5.94. The van der Waals surface area contributed by atoms with Crippen molar-refractivity contribution in [2.24, 2.45) is 5.92 Å². The van der Waals surface area contributed by atoms with Gasteiger partial charge in [-0.1, -0.05) is 37.3 Å². The van der Waals surface area contributed by atoms with Gasteiger partial charge in [0.2, 0.25) is 0 Å². The second kappa shape index (κ2) is 8.52. The normalized spacial score (nSPS) is 16.8. The zero-order chi connectivity index (χ0) is 18.4. The molecule has 1 fully saturated rings. The number of carbonyl (C=O) groups is 2. The van der Waals surface area contributed by atoms with Gasteiger partial charge >= 0.3 is 5.97 Å². The van der Waals surface area contributed by atoms with Crippen LogP contribution in [-0.2, 0) is 9.53 Å². The summed E-state index contributed by atoms with van der Waals surface area (Å²) in [5, 5.41) is 0. The van der Waals surface area contributed by atoms with Gasteiger partial charge in [0, 0.05) is 13.1 Å². The van der Waals surface area contributed by atoms with Crippen molar-refractivity contribution >= 4 is 11.9 Å². The molecule has 0 aliphatic carbocycles. The maximum Gasteiger partial charge on any atom is 0.342 e. The molecule has 1 atom stereocenters. The number of piperidine rings is 1. The molecule has 1 amide bonds. The molecule has 0 spiro atoms. The molecule has 5 heteroatoms. The second-order valence-electron chi connectivity index (χ2n) is 6.57. The van der Waals surface area contributed by atoms with Crippen LogP contribution in [0.3, 0.4) is 0 Å². The van der Waals surface area contributed by atoms with E-state index in [1.807, 2.05) is 30.3 Å². The fraction of sp³-hybridized carbons (Fsp3) is 0.333. The molecule has 136 valence electrons. The molecule has 3 rings (SSSR count). The molecule has 2 aromatic carbocycles. The molecule has 1 aliphatic heterocycles. The van der Waals surface area contributed by atoms with Gasteiger partial charge in [0.15, 0.2) is 6.61 Å². The fourth-order valence-corrected chi connectivity index (χ4v) is 3.05. The fourth-order valence-electron chi connectivity index (χ4n) is 3.05. The first-order chi connectivity index (χ1) is 12.6. The van der Waals surface area contributed by atoms with E-state index in [2.05, 4.69) is 6.92 Å². The largest absolute Gasteiger partial charge is 0.456 e. The number of ether oxygens (including phenoxy) is 2. The third kappa shape index (κ3) is 4.63. The van der Waals surface area contributed by atoms with Gasteiger partial charge in [0.1, 0.15) is 17.1 Å². The van der Waals surface area contributed by atoms with Crippen LogP contribution in [0.25, 0.3) is 0 Å². The molecule has 26 heavy (non-hydrogen) atoms. The van der Waals surface area contributed by atoms with E-state index in [-0.39, 0.29) is 12.5 Å². The number of benzene rings is 2. The van der Waals surface area contributed by atoms with Crippen molar-refractivity contribution in [3.05, 3.63) is 60.2 Å². The van der Waals surface area contributed by atoms with Crippen LogP contribution in [0, 0.1) is 5.92 Å². The van der Waals surface area contributed by atoms with E-state index in [1.165, 1.54) is 0 Å². The number of amides is 1. The third-order valence-electron chi connectivity index (χ3n) is 4.41. The SMILES string of the molecule is C[C@@H]1CCCN(C(=O)COC(=O)c2ccccc2Oc2ccccc2)C1. The van der Waals surface area contributed by atoms with Crippen molar-refractivity contribution in [3.63, 3.8) is 0 Å². The summed E-state index contributed by atoms with van der Waals surface area (Å²) < 4.78 is 11.0. The third-order valence-corrected chi connectivity index (χ3v) is 4.41. The molecule has 0 unspecified atom stereocenters. The minimum absolute atomic E-state index is 0.147. The average molecular weight is 353 g/mol. The molecule has 2 aromatic rings. The lowest BCUT2D eigenvalue weighted by Crippen LogP contribution is -2.41. The van der Waals surface area contributed by atoms with E-state index in [1.54, 1.807) is 29.2 Å². The Balaban J connectivity index is 1.62. The molecule has 0 N–H and O–H groups in total. The van der Waals surface area contributed by atoms with Crippen molar-refractivity contribution in [1.29, 1.82) is 0 Å². The van der Waals surface area contributed by atoms with Crippen LogP contribution in [0.2, 0.25) is 0 Å². The van der Waals surface area contributed by atoms with Crippen molar-refractivity contribution in [2.75, 3.05) is 19.7 Å². The molecule has 5 nitrogen and oxygen atoms in total. The monoisotopic (exact) mass is 353 g/mol. The smallest absolute Gasteiger partial charge is 0.342 e. The summed E-state index contributed by atoms with van der Waals surface area (Å²) in [6.45, 7) is 3.34. The van der Waals surface area contributed by atoms with E-state index < -0.39 is 5.97 Å². The quantitative estimate of drug-likeness (QED) is 0.765. The average Bonchev–Trinajstić information content (AvgIpc) is 2.67. The van der Waals surface area contributed by atoms with Crippen LogP contribution in [-0.4, -0.2) is 36.5 Å². The number of esters is 1.